The minimum atomic E-state index is -0.560. The van der Waals surface area contributed by atoms with Crippen LogP contribution >= 0.6 is 0 Å². The predicted octanol–water partition coefficient (Wildman–Crippen LogP) is 2.21. The highest BCUT2D eigenvalue weighted by Gasteiger charge is 2.12. The molecule has 0 bridgehead atoms. The normalized spacial score (nSPS) is 11.2. The number of nitrogens with one attached hydrogen (secondary N) is 2. The van der Waals surface area contributed by atoms with Crippen molar-refractivity contribution < 1.29 is 4.79 Å². The first-order valence-corrected chi connectivity index (χ1v) is 6.44. The van der Waals surface area contributed by atoms with E-state index in [0.717, 1.165) is 27.4 Å². The maximum absolute atomic E-state index is 11.4. The van der Waals surface area contributed by atoms with E-state index in [-0.39, 0.29) is 5.69 Å². The number of amides is 1. The molecule has 0 atom stereocenters. The van der Waals surface area contributed by atoms with E-state index in [0.29, 0.717) is 5.65 Å². The lowest BCUT2D eigenvalue weighted by atomic mass is 10.0. The molecule has 4 aromatic rings. The van der Waals surface area contributed by atoms with Crippen molar-refractivity contribution in [1.82, 2.24) is 20.2 Å². The Kier molecular flexibility index (Phi) is 2.32. The number of rotatable bonds is 2. The molecule has 0 radical (unpaired) electrons. The van der Waals surface area contributed by atoms with Gasteiger partial charge in [-0.05, 0) is 40.8 Å². The fourth-order valence-electron chi connectivity index (χ4n) is 2.51. The van der Waals surface area contributed by atoms with Crippen molar-refractivity contribution in [2.45, 2.75) is 0 Å². The van der Waals surface area contributed by atoms with Crippen molar-refractivity contribution >= 4 is 27.8 Å². The summed E-state index contributed by atoms with van der Waals surface area (Å²) in [4.78, 5) is 18.8. The number of primary amides is 1. The van der Waals surface area contributed by atoms with Gasteiger partial charge in [0, 0.05) is 17.1 Å². The zero-order valence-corrected chi connectivity index (χ0v) is 10.9. The molecule has 0 aliphatic heterocycles. The number of nitrogens with zero attached hydrogens (tertiary/aromatic N) is 2. The average Bonchev–Trinajstić information content (AvgIpc) is 3.13. The number of carbonyl (C=O) groups excluding carboxylic acids is 1. The quantitative estimate of drug-likeness (QED) is 0.523. The SMILES string of the molecule is NC(=O)c1cc(-c2ccc3[nH]ccc3c2)c2cn[nH]c2n1. The second-order valence-electron chi connectivity index (χ2n) is 4.83. The maximum atomic E-state index is 11.4. The number of fused-ring (bicyclic) bond motifs is 2. The zero-order chi connectivity index (χ0) is 14.4. The molecule has 6 nitrogen and oxygen atoms in total. The number of pyridine rings is 1. The first-order valence-electron chi connectivity index (χ1n) is 6.44. The Bertz CT molecular complexity index is 982. The summed E-state index contributed by atoms with van der Waals surface area (Å²) < 4.78 is 0. The highest BCUT2D eigenvalue weighted by Crippen LogP contribution is 2.29. The summed E-state index contributed by atoms with van der Waals surface area (Å²) in [6, 6.07) is 9.75. The van der Waals surface area contributed by atoms with Crippen LogP contribution < -0.4 is 5.73 Å². The van der Waals surface area contributed by atoms with Crippen LogP contribution in [0.4, 0.5) is 0 Å². The summed E-state index contributed by atoms with van der Waals surface area (Å²) in [5.41, 5.74) is 9.05. The third-order valence-electron chi connectivity index (χ3n) is 3.54. The van der Waals surface area contributed by atoms with Crippen molar-refractivity contribution in [2.75, 3.05) is 0 Å². The van der Waals surface area contributed by atoms with Crippen LogP contribution in [0.3, 0.4) is 0 Å². The lowest BCUT2D eigenvalue weighted by molar-refractivity contribution is 0.0996. The molecule has 0 aliphatic rings. The van der Waals surface area contributed by atoms with E-state index in [4.69, 9.17) is 5.73 Å². The number of H-pyrrole nitrogens is 2. The molecular weight excluding hydrogens is 266 g/mol. The van der Waals surface area contributed by atoms with E-state index in [9.17, 15) is 4.79 Å². The molecule has 3 aromatic heterocycles. The number of hydrogen-bond acceptors (Lipinski definition) is 3. The fourth-order valence-corrected chi connectivity index (χ4v) is 2.51. The number of carbonyl (C=O) groups is 1. The van der Waals surface area contributed by atoms with E-state index in [1.54, 1.807) is 12.3 Å². The lowest BCUT2D eigenvalue weighted by Crippen LogP contribution is -2.13. The molecule has 21 heavy (non-hydrogen) atoms. The molecule has 102 valence electrons. The number of nitrogens with two attached hydrogens (primary N) is 1. The Hall–Kier alpha value is -3.15. The van der Waals surface area contributed by atoms with Crippen LogP contribution in [0, 0.1) is 0 Å². The summed E-state index contributed by atoms with van der Waals surface area (Å²) in [5, 5.41) is 8.73. The zero-order valence-electron chi connectivity index (χ0n) is 10.9. The van der Waals surface area contributed by atoms with Gasteiger partial charge >= 0.3 is 0 Å². The Balaban J connectivity index is 2.03. The maximum Gasteiger partial charge on any atom is 0.267 e. The summed E-state index contributed by atoms with van der Waals surface area (Å²) in [6.45, 7) is 0. The van der Waals surface area contributed by atoms with E-state index in [1.165, 1.54) is 0 Å². The van der Waals surface area contributed by atoms with Gasteiger partial charge in [0.15, 0.2) is 5.65 Å². The van der Waals surface area contributed by atoms with E-state index in [2.05, 4.69) is 26.2 Å². The number of aromatic nitrogens is 4. The summed E-state index contributed by atoms with van der Waals surface area (Å²) in [6.07, 6.45) is 3.59. The van der Waals surface area contributed by atoms with Crippen molar-refractivity contribution in [1.29, 1.82) is 0 Å². The van der Waals surface area contributed by atoms with Crippen LogP contribution in [0.1, 0.15) is 10.5 Å². The van der Waals surface area contributed by atoms with E-state index in [1.807, 2.05) is 24.4 Å². The second kappa shape index (κ2) is 4.17. The summed E-state index contributed by atoms with van der Waals surface area (Å²) >= 11 is 0. The third kappa shape index (κ3) is 1.77. The fraction of sp³-hybridized carbons (Fsp3) is 0. The number of aromatic amines is 2. The third-order valence-corrected chi connectivity index (χ3v) is 3.54. The highest BCUT2D eigenvalue weighted by atomic mass is 16.1. The van der Waals surface area contributed by atoms with Gasteiger partial charge < -0.3 is 10.7 Å². The standard InChI is InChI=1S/C15H11N5O/c16-14(21)13-6-10(11-7-18-20-15(11)19-13)8-1-2-12-9(5-8)3-4-17-12/h1-7,17H,(H2,16,21)(H,18,19,20). The van der Waals surface area contributed by atoms with Crippen LogP contribution in [0.5, 0.6) is 0 Å². The van der Waals surface area contributed by atoms with Crippen molar-refractivity contribution in [3.05, 3.63) is 48.4 Å². The number of hydrogen-bond donors (Lipinski definition) is 3. The van der Waals surface area contributed by atoms with Gasteiger partial charge in [-0.2, -0.15) is 5.10 Å². The molecule has 4 N–H and O–H groups in total. The number of benzene rings is 1. The summed E-state index contributed by atoms with van der Waals surface area (Å²) in [7, 11) is 0. The van der Waals surface area contributed by atoms with Gasteiger partial charge in [0.1, 0.15) is 5.69 Å². The lowest BCUT2D eigenvalue weighted by Gasteiger charge is -2.05. The molecule has 0 saturated carbocycles. The largest absolute Gasteiger partial charge is 0.364 e. The Morgan fingerprint density at radius 1 is 1.19 bits per heavy atom. The smallest absolute Gasteiger partial charge is 0.267 e. The van der Waals surface area contributed by atoms with Crippen molar-refractivity contribution in [3.8, 4) is 11.1 Å². The minimum Gasteiger partial charge on any atom is -0.364 e. The van der Waals surface area contributed by atoms with Crippen LogP contribution in [-0.4, -0.2) is 26.1 Å². The van der Waals surface area contributed by atoms with Gasteiger partial charge in [-0.1, -0.05) is 6.07 Å². The predicted molar refractivity (Wildman–Crippen MR) is 79.7 cm³/mol. The van der Waals surface area contributed by atoms with Crippen molar-refractivity contribution in [3.63, 3.8) is 0 Å². The minimum absolute atomic E-state index is 0.218. The molecular formula is C15H11N5O. The van der Waals surface area contributed by atoms with Crippen LogP contribution in [0.25, 0.3) is 33.1 Å². The Labute approximate surface area is 119 Å². The second-order valence-corrected chi connectivity index (χ2v) is 4.83. The average molecular weight is 277 g/mol. The van der Waals surface area contributed by atoms with Gasteiger partial charge in [0.25, 0.3) is 5.91 Å². The van der Waals surface area contributed by atoms with Crippen LogP contribution in [0.15, 0.2) is 42.7 Å². The highest BCUT2D eigenvalue weighted by molar-refractivity contribution is 6.00. The molecule has 0 fully saturated rings. The van der Waals surface area contributed by atoms with Gasteiger partial charge in [-0.15, -0.1) is 0 Å². The van der Waals surface area contributed by atoms with Crippen molar-refractivity contribution in [2.24, 2.45) is 5.73 Å². The Morgan fingerprint density at radius 3 is 2.95 bits per heavy atom. The van der Waals surface area contributed by atoms with Gasteiger partial charge in [-0.25, -0.2) is 4.98 Å². The monoisotopic (exact) mass is 277 g/mol. The first kappa shape index (κ1) is 11.7. The molecule has 1 aromatic carbocycles. The molecule has 0 unspecified atom stereocenters. The topological polar surface area (TPSA) is 100 Å². The molecule has 6 heteroatoms. The van der Waals surface area contributed by atoms with Gasteiger partial charge in [0.05, 0.1) is 6.20 Å². The molecule has 0 aliphatic carbocycles. The molecule has 3 heterocycles. The Morgan fingerprint density at radius 2 is 2.10 bits per heavy atom. The van der Waals surface area contributed by atoms with Gasteiger partial charge in [-0.3, -0.25) is 9.89 Å². The molecule has 1 amide bonds. The first-order chi connectivity index (χ1) is 10.2. The molecule has 0 spiro atoms. The van der Waals surface area contributed by atoms with Crippen LogP contribution in [0.2, 0.25) is 0 Å². The van der Waals surface area contributed by atoms with Crippen LogP contribution in [-0.2, 0) is 0 Å². The van der Waals surface area contributed by atoms with E-state index >= 15 is 0 Å². The van der Waals surface area contributed by atoms with Gasteiger partial charge in [0.2, 0.25) is 0 Å². The molecule has 0 saturated heterocycles. The van der Waals surface area contributed by atoms with E-state index < -0.39 is 5.91 Å². The molecule has 4 rings (SSSR count). The summed E-state index contributed by atoms with van der Waals surface area (Å²) in [5.74, 6) is -0.560.